The smallest absolute Gasteiger partial charge is 0.236 e. The molecule has 0 aliphatic carbocycles. The Kier molecular flexibility index (Phi) is 3.96. The normalized spacial score (nSPS) is 14.0. The van der Waals surface area contributed by atoms with Crippen molar-refractivity contribution in [3.63, 3.8) is 0 Å². The number of sulfonamides is 1. The molecule has 1 aromatic heterocycles. The first-order chi connectivity index (χ1) is 12.0. The lowest BCUT2D eigenvalue weighted by Crippen LogP contribution is -2.32. The number of benzene rings is 2. The average molecular weight is 352 g/mol. The van der Waals surface area contributed by atoms with Crippen LogP contribution in [0.4, 0.5) is 5.82 Å². The minimum atomic E-state index is -3.38. The van der Waals surface area contributed by atoms with E-state index in [1.54, 1.807) is 0 Å². The van der Waals surface area contributed by atoms with Gasteiger partial charge in [0.2, 0.25) is 10.0 Å². The van der Waals surface area contributed by atoms with Gasteiger partial charge in [-0.25, -0.2) is 13.4 Å². The molecule has 0 bridgehead atoms. The minimum Gasteiger partial charge on any atom is -0.253 e. The van der Waals surface area contributed by atoms with Gasteiger partial charge in [-0.2, -0.15) is 0 Å². The first kappa shape index (κ1) is 16.1. The Morgan fingerprint density at radius 3 is 2.68 bits per heavy atom. The molecule has 1 aliphatic rings. The van der Waals surface area contributed by atoms with E-state index in [2.05, 4.69) is 6.07 Å². The SMILES string of the molecule is Cc1cccc2cc3c(nc12)N(S(=O)(=O)CCc1ccccc1)CC3. The van der Waals surface area contributed by atoms with Gasteiger partial charge in [0, 0.05) is 11.9 Å². The monoisotopic (exact) mass is 352 g/mol. The molecule has 3 aromatic rings. The maximum atomic E-state index is 12.9. The fraction of sp³-hybridized carbons (Fsp3) is 0.250. The zero-order valence-corrected chi connectivity index (χ0v) is 15.0. The van der Waals surface area contributed by atoms with E-state index in [1.807, 2.05) is 55.5 Å². The molecular formula is C20H20N2O2S. The first-order valence-corrected chi connectivity index (χ1v) is 10.1. The summed E-state index contributed by atoms with van der Waals surface area (Å²) in [7, 11) is -3.38. The Balaban J connectivity index is 1.66. The molecule has 4 nitrogen and oxygen atoms in total. The summed E-state index contributed by atoms with van der Waals surface area (Å²) in [5.74, 6) is 0.707. The zero-order valence-electron chi connectivity index (χ0n) is 14.1. The van der Waals surface area contributed by atoms with Crippen molar-refractivity contribution in [2.45, 2.75) is 19.8 Å². The second-order valence-corrected chi connectivity index (χ2v) is 8.50. The van der Waals surface area contributed by atoms with E-state index >= 15 is 0 Å². The molecule has 0 spiro atoms. The van der Waals surface area contributed by atoms with Gasteiger partial charge in [0.1, 0.15) is 5.82 Å². The van der Waals surface area contributed by atoms with E-state index in [-0.39, 0.29) is 5.75 Å². The highest BCUT2D eigenvalue weighted by Gasteiger charge is 2.31. The van der Waals surface area contributed by atoms with Crippen molar-refractivity contribution in [2.24, 2.45) is 0 Å². The number of hydrogen-bond donors (Lipinski definition) is 0. The van der Waals surface area contributed by atoms with E-state index in [9.17, 15) is 8.42 Å². The maximum absolute atomic E-state index is 12.9. The third kappa shape index (κ3) is 3.00. The lowest BCUT2D eigenvalue weighted by Gasteiger charge is -2.19. The van der Waals surface area contributed by atoms with Crippen LogP contribution in [0.25, 0.3) is 10.9 Å². The average Bonchev–Trinajstić information content (AvgIpc) is 3.04. The molecule has 0 saturated carbocycles. The number of para-hydroxylation sites is 1. The summed E-state index contributed by atoms with van der Waals surface area (Å²) < 4.78 is 27.2. The van der Waals surface area contributed by atoms with Crippen molar-refractivity contribution in [2.75, 3.05) is 16.6 Å². The van der Waals surface area contributed by atoms with Gasteiger partial charge < -0.3 is 0 Å². The predicted octanol–water partition coefficient (Wildman–Crippen LogP) is 3.48. The van der Waals surface area contributed by atoms with Crippen molar-refractivity contribution >= 4 is 26.7 Å². The van der Waals surface area contributed by atoms with Gasteiger partial charge in [-0.1, -0.05) is 48.5 Å². The molecule has 1 aliphatic heterocycles. The number of anilines is 1. The Morgan fingerprint density at radius 1 is 1.08 bits per heavy atom. The van der Waals surface area contributed by atoms with Crippen molar-refractivity contribution in [3.05, 3.63) is 71.3 Å². The molecule has 0 fully saturated rings. The third-order valence-electron chi connectivity index (χ3n) is 4.75. The number of aryl methyl sites for hydroxylation is 2. The summed E-state index contributed by atoms with van der Waals surface area (Å²) in [6.45, 7) is 2.49. The lowest BCUT2D eigenvalue weighted by molar-refractivity contribution is 0.591. The van der Waals surface area contributed by atoms with Crippen LogP contribution in [-0.2, 0) is 22.9 Å². The molecule has 0 radical (unpaired) electrons. The summed E-state index contributed by atoms with van der Waals surface area (Å²) in [5, 5.41) is 1.07. The summed E-state index contributed by atoms with van der Waals surface area (Å²) in [6.07, 6.45) is 1.23. The second kappa shape index (κ2) is 6.15. The molecule has 0 saturated heterocycles. The molecule has 2 aromatic carbocycles. The van der Waals surface area contributed by atoms with Crippen molar-refractivity contribution in [3.8, 4) is 0 Å². The van der Waals surface area contributed by atoms with Gasteiger partial charge in [-0.3, -0.25) is 4.31 Å². The molecule has 5 heteroatoms. The number of nitrogens with zero attached hydrogens (tertiary/aromatic N) is 2. The first-order valence-electron chi connectivity index (χ1n) is 8.48. The van der Waals surface area contributed by atoms with E-state index in [1.165, 1.54) is 4.31 Å². The summed E-state index contributed by atoms with van der Waals surface area (Å²) in [6, 6.07) is 17.9. The van der Waals surface area contributed by atoms with Crippen LogP contribution in [0.5, 0.6) is 0 Å². The van der Waals surface area contributed by atoms with Crippen LogP contribution >= 0.6 is 0 Å². The Hall–Kier alpha value is -2.40. The van der Waals surface area contributed by atoms with Gasteiger partial charge >= 0.3 is 0 Å². The van der Waals surface area contributed by atoms with Crippen LogP contribution in [-0.4, -0.2) is 25.7 Å². The topological polar surface area (TPSA) is 50.3 Å². The van der Waals surface area contributed by atoms with Gasteiger partial charge in [-0.05, 0) is 42.5 Å². The van der Waals surface area contributed by atoms with E-state index in [0.717, 1.165) is 34.0 Å². The minimum absolute atomic E-state index is 0.101. The van der Waals surface area contributed by atoms with Crippen LogP contribution in [0.2, 0.25) is 0 Å². The fourth-order valence-corrected chi connectivity index (χ4v) is 4.89. The molecule has 0 unspecified atom stereocenters. The van der Waals surface area contributed by atoms with Crippen LogP contribution < -0.4 is 4.31 Å². The van der Waals surface area contributed by atoms with E-state index < -0.39 is 10.0 Å². The summed E-state index contributed by atoms with van der Waals surface area (Å²) in [4.78, 5) is 4.70. The Labute approximate surface area is 148 Å². The molecule has 0 amide bonds. The van der Waals surface area contributed by atoms with Gasteiger partial charge in [0.25, 0.3) is 0 Å². The molecular weight excluding hydrogens is 332 g/mol. The maximum Gasteiger partial charge on any atom is 0.236 e. The van der Waals surface area contributed by atoms with E-state index in [0.29, 0.717) is 18.8 Å². The predicted molar refractivity (Wildman–Crippen MR) is 101 cm³/mol. The number of fused-ring (bicyclic) bond motifs is 2. The van der Waals surface area contributed by atoms with Crippen molar-refractivity contribution in [1.82, 2.24) is 4.98 Å². The number of aromatic nitrogens is 1. The molecule has 0 atom stereocenters. The third-order valence-corrected chi connectivity index (χ3v) is 6.50. The lowest BCUT2D eigenvalue weighted by atomic mass is 10.1. The number of hydrogen-bond acceptors (Lipinski definition) is 3. The number of rotatable bonds is 4. The Bertz CT molecular complexity index is 1030. The highest BCUT2D eigenvalue weighted by Crippen LogP contribution is 2.32. The fourth-order valence-electron chi connectivity index (χ4n) is 3.38. The molecule has 4 rings (SSSR count). The largest absolute Gasteiger partial charge is 0.253 e. The second-order valence-electron chi connectivity index (χ2n) is 6.49. The highest BCUT2D eigenvalue weighted by atomic mass is 32.2. The quantitative estimate of drug-likeness (QED) is 0.722. The highest BCUT2D eigenvalue weighted by molar-refractivity contribution is 7.92. The zero-order chi connectivity index (χ0) is 17.4. The summed E-state index contributed by atoms with van der Waals surface area (Å²) >= 11 is 0. The van der Waals surface area contributed by atoms with Gasteiger partial charge in [-0.15, -0.1) is 0 Å². The van der Waals surface area contributed by atoms with Crippen molar-refractivity contribution in [1.29, 1.82) is 0 Å². The molecule has 2 heterocycles. The summed E-state index contributed by atoms with van der Waals surface area (Å²) in [5.41, 5.74) is 3.99. The molecule has 128 valence electrons. The van der Waals surface area contributed by atoms with Crippen LogP contribution in [0.3, 0.4) is 0 Å². The van der Waals surface area contributed by atoms with Gasteiger partial charge in [0.15, 0.2) is 0 Å². The van der Waals surface area contributed by atoms with Gasteiger partial charge in [0.05, 0.1) is 11.3 Å². The number of pyridine rings is 1. The van der Waals surface area contributed by atoms with Crippen LogP contribution in [0, 0.1) is 6.92 Å². The standard InChI is InChI=1S/C20H20N2O2S/c1-15-6-5-9-17-14-18-10-12-22(20(18)21-19(15)17)25(23,24)13-11-16-7-3-2-4-8-16/h2-9,14H,10-13H2,1H3. The van der Waals surface area contributed by atoms with Crippen molar-refractivity contribution < 1.29 is 8.42 Å². The van der Waals surface area contributed by atoms with E-state index in [4.69, 9.17) is 4.98 Å². The molecule has 25 heavy (non-hydrogen) atoms. The van der Waals surface area contributed by atoms with Crippen LogP contribution in [0.15, 0.2) is 54.6 Å². The molecule has 0 N–H and O–H groups in total. The van der Waals surface area contributed by atoms with Crippen LogP contribution in [0.1, 0.15) is 16.7 Å². The Morgan fingerprint density at radius 2 is 1.88 bits per heavy atom.